The van der Waals surface area contributed by atoms with E-state index in [2.05, 4.69) is 26.9 Å². The van der Waals surface area contributed by atoms with Crippen LogP contribution in [0.3, 0.4) is 0 Å². The highest BCUT2D eigenvalue weighted by atomic mass is 79.9. The minimum absolute atomic E-state index is 0.143. The van der Waals surface area contributed by atoms with Crippen LogP contribution in [0.2, 0.25) is 5.02 Å². The summed E-state index contributed by atoms with van der Waals surface area (Å²) in [6.07, 6.45) is 2.37. The predicted octanol–water partition coefficient (Wildman–Crippen LogP) is 3.76. The maximum atomic E-state index is 9.26. The highest BCUT2D eigenvalue weighted by molar-refractivity contribution is 9.10. The van der Waals surface area contributed by atoms with Crippen LogP contribution in [0.5, 0.6) is 0 Å². The van der Waals surface area contributed by atoms with Gasteiger partial charge >= 0.3 is 0 Å². The summed E-state index contributed by atoms with van der Waals surface area (Å²) < 4.78 is 0.853. The van der Waals surface area contributed by atoms with Gasteiger partial charge in [-0.05, 0) is 59.6 Å². The van der Waals surface area contributed by atoms with Crippen LogP contribution in [0.15, 0.2) is 22.7 Å². The van der Waals surface area contributed by atoms with Crippen LogP contribution < -0.4 is 0 Å². The number of halogens is 2. The minimum Gasteiger partial charge on any atom is -0.284 e. The molecule has 0 aromatic heterocycles. The molecule has 0 amide bonds. The van der Waals surface area contributed by atoms with Gasteiger partial charge < -0.3 is 0 Å². The number of hydrogen-bond acceptors (Lipinski definition) is 2. The zero-order valence-electron chi connectivity index (χ0n) is 8.79. The highest BCUT2D eigenvalue weighted by Gasteiger charge is 2.23. The first-order valence-corrected chi connectivity index (χ1v) is 6.48. The first kappa shape index (κ1) is 11.9. The highest BCUT2D eigenvalue weighted by Crippen LogP contribution is 2.30. The number of nitriles is 1. The summed E-state index contributed by atoms with van der Waals surface area (Å²) in [5.74, 6) is 0. The quantitative estimate of drug-likeness (QED) is 0.831. The van der Waals surface area contributed by atoms with Gasteiger partial charge in [0.05, 0.1) is 11.1 Å². The van der Waals surface area contributed by atoms with E-state index in [-0.39, 0.29) is 6.04 Å². The fourth-order valence-corrected chi connectivity index (χ4v) is 2.56. The van der Waals surface area contributed by atoms with Crippen molar-refractivity contribution in [1.82, 2.24) is 4.90 Å². The van der Waals surface area contributed by atoms with Gasteiger partial charge in [0.1, 0.15) is 6.04 Å². The molecule has 0 saturated carbocycles. The fourth-order valence-electron chi connectivity index (χ4n) is 2.05. The number of hydrogen-bond donors (Lipinski definition) is 0. The zero-order chi connectivity index (χ0) is 11.5. The maximum Gasteiger partial charge on any atom is 0.123 e. The molecule has 84 valence electrons. The molecule has 1 saturated heterocycles. The van der Waals surface area contributed by atoms with Crippen LogP contribution in [0.25, 0.3) is 0 Å². The SMILES string of the molecule is N#CC(c1ccc(Cl)c(Br)c1)N1CCCC1. The van der Waals surface area contributed by atoms with Gasteiger partial charge in [-0.15, -0.1) is 0 Å². The summed E-state index contributed by atoms with van der Waals surface area (Å²) in [5.41, 5.74) is 1.01. The van der Waals surface area contributed by atoms with Gasteiger partial charge in [0.25, 0.3) is 0 Å². The van der Waals surface area contributed by atoms with E-state index in [9.17, 15) is 5.26 Å². The molecule has 1 aliphatic heterocycles. The minimum atomic E-state index is -0.143. The van der Waals surface area contributed by atoms with E-state index < -0.39 is 0 Å². The lowest BCUT2D eigenvalue weighted by Gasteiger charge is -2.21. The Morgan fingerprint density at radius 1 is 1.38 bits per heavy atom. The molecule has 0 spiro atoms. The third kappa shape index (κ3) is 2.40. The second-order valence-corrected chi connectivity index (χ2v) is 5.21. The monoisotopic (exact) mass is 298 g/mol. The Kier molecular flexibility index (Phi) is 3.86. The van der Waals surface area contributed by atoms with Crippen LogP contribution in [0.1, 0.15) is 24.4 Å². The van der Waals surface area contributed by atoms with Crippen molar-refractivity contribution < 1.29 is 0 Å². The van der Waals surface area contributed by atoms with Gasteiger partial charge in [0.15, 0.2) is 0 Å². The Labute approximate surface area is 109 Å². The molecule has 4 heteroatoms. The second kappa shape index (κ2) is 5.18. The largest absolute Gasteiger partial charge is 0.284 e. The van der Waals surface area contributed by atoms with Crippen LogP contribution in [0, 0.1) is 11.3 Å². The van der Waals surface area contributed by atoms with Gasteiger partial charge in [-0.1, -0.05) is 17.7 Å². The van der Waals surface area contributed by atoms with E-state index in [0.29, 0.717) is 5.02 Å². The first-order chi connectivity index (χ1) is 7.72. The van der Waals surface area contributed by atoms with Crippen LogP contribution in [-0.2, 0) is 0 Å². The smallest absolute Gasteiger partial charge is 0.123 e. The molecule has 2 rings (SSSR count). The molecule has 16 heavy (non-hydrogen) atoms. The van der Waals surface area contributed by atoms with E-state index in [1.165, 1.54) is 12.8 Å². The van der Waals surface area contributed by atoms with E-state index in [0.717, 1.165) is 23.1 Å². The third-order valence-electron chi connectivity index (χ3n) is 2.89. The third-order valence-corrected chi connectivity index (χ3v) is 4.10. The molecule has 1 fully saturated rings. The number of benzene rings is 1. The Morgan fingerprint density at radius 3 is 2.62 bits per heavy atom. The Morgan fingerprint density at radius 2 is 2.06 bits per heavy atom. The van der Waals surface area contributed by atoms with E-state index in [4.69, 9.17) is 11.6 Å². The molecule has 0 bridgehead atoms. The van der Waals surface area contributed by atoms with Crippen LogP contribution in [-0.4, -0.2) is 18.0 Å². The molecule has 1 aromatic carbocycles. The summed E-state index contributed by atoms with van der Waals surface area (Å²) in [6, 6.07) is 7.93. The van der Waals surface area contributed by atoms with E-state index >= 15 is 0 Å². The van der Waals surface area contributed by atoms with Crippen molar-refractivity contribution in [2.75, 3.05) is 13.1 Å². The molecule has 0 aliphatic carbocycles. The van der Waals surface area contributed by atoms with Crippen molar-refractivity contribution in [2.45, 2.75) is 18.9 Å². The van der Waals surface area contributed by atoms with Gasteiger partial charge in [-0.3, -0.25) is 4.90 Å². The van der Waals surface area contributed by atoms with E-state index in [1.54, 1.807) is 0 Å². The van der Waals surface area contributed by atoms with Crippen molar-refractivity contribution >= 4 is 27.5 Å². The summed E-state index contributed by atoms with van der Waals surface area (Å²) in [4.78, 5) is 2.22. The lowest BCUT2D eigenvalue weighted by molar-refractivity contribution is 0.294. The number of rotatable bonds is 2. The Bertz CT molecular complexity index is 422. The molecule has 2 nitrogen and oxygen atoms in total. The number of likely N-dealkylation sites (tertiary alicyclic amines) is 1. The van der Waals surface area contributed by atoms with Gasteiger partial charge in [-0.25, -0.2) is 0 Å². The normalized spacial score (nSPS) is 18.3. The Hall–Kier alpha value is -0.560. The summed E-state index contributed by atoms with van der Waals surface area (Å²) in [7, 11) is 0. The Balaban J connectivity index is 2.26. The van der Waals surface area contributed by atoms with Gasteiger partial charge in [0, 0.05) is 4.47 Å². The summed E-state index contributed by atoms with van der Waals surface area (Å²) >= 11 is 9.34. The lowest BCUT2D eigenvalue weighted by atomic mass is 10.1. The van der Waals surface area contributed by atoms with Crippen molar-refractivity contribution in [3.05, 3.63) is 33.3 Å². The van der Waals surface area contributed by atoms with Crippen molar-refractivity contribution in [3.8, 4) is 6.07 Å². The molecule has 1 atom stereocenters. The molecule has 1 heterocycles. The maximum absolute atomic E-state index is 9.26. The van der Waals surface area contributed by atoms with Crippen LogP contribution in [0.4, 0.5) is 0 Å². The zero-order valence-corrected chi connectivity index (χ0v) is 11.1. The predicted molar refractivity (Wildman–Crippen MR) is 68.3 cm³/mol. The fraction of sp³-hybridized carbons (Fsp3) is 0.417. The van der Waals surface area contributed by atoms with Crippen molar-refractivity contribution in [1.29, 1.82) is 5.26 Å². The molecular weight excluding hydrogens is 288 g/mol. The topological polar surface area (TPSA) is 27.0 Å². The number of nitrogens with zero attached hydrogens (tertiary/aromatic N) is 2. The molecule has 0 radical (unpaired) electrons. The molecule has 0 N–H and O–H groups in total. The first-order valence-electron chi connectivity index (χ1n) is 5.31. The van der Waals surface area contributed by atoms with E-state index in [1.807, 2.05) is 18.2 Å². The molecule has 1 unspecified atom stereocenters. The molecule has 1 aliphatic rings. The van der Waals surface area contributed by atoms with Crippen molar-refractivity contribution in [2.24, 2.45) is 0 Å². The average molecular weight is 300 g/mol. The van der Waals surface area contributed by atoms with Crippen LogP contribution >= 0.6 is 27.5 Å². The van der Waals surface area contributed by atoms with Gasteiger partial charge in [-0.2, -0.15) is 5.26 Å². The molecular formula is C12H12BrClN2. The van der Waals surface area contributed by atoms with Crippen molar-refractivity contribution in [3.63, 3.8) is 0 Å². The average Bonchev–Trinajstić information content (AvgIpc) is 2.78. The lowest BCUT2D eigenvalue weighted by Crippen LogP contribution is -2.24. The molecule has 1 aromatic rings. The van der Waals surface area contributed by atoms with Gasteiger partial charge in [0.2, 0.25) is 0 Å². The standard InChI is InChI=1S/C12H12BrClN2/c13-10-7-9(3-4-11(10)14)12(8-15)16-5-1-2-6-16/h3-4,7,12H,1-2,5-6H2. The summed E-state index contributed by atoms with van der Waals surface area (Å²) in [6.45, 7) is 2.02. The second-order valence-electron chi connectivity index (χ2n) is 3.95. The summed E-state index contributed by atoms with van der Waals surface area (Å²) in [5, 5.41) is 9.94.